The van der Waals surface area contributed by atoms with E-state index < -0.39 is 0 Å². The molecule has 0 radical (unpaired) electrons. The fraction of sp³-hybridized carbons (Fsp3) is 0.923. The quantitative estimate of drug-likeness (QED) is 0.613. The first-order chi connectivity index (χ1) is 8.10. The topological polar surface area (TPSA) is 50.4 Å². The van der Waals surface area contributed by atoms with Crippen LogP contribution in [0.25, 0.3) is 0 Å². The first-order valence-electron chi connectivity index (χ1n) is 6.59. The van der Waals surface area contributed by atoms with Gasteiger partial charge in [-0.1, -0.05) is 27.2 Å². The molecule has 0 aliphatic rings. The predicted octanol–water partition coefficient (Wildman–Crippen LogP) is 1.55. The maximum Gasteiger partial charge on any atom is 0.233 e. The van der Waals surface area contributed by atoms with Gasteiger partial charge in [0.25, 0.3) is 0 Å². The van der Waals surface area contributed by atoms with Gasteiger partial charge in [0.15, 0.2) is 0 Å². The number of nitrogens with one attached hydrogen (secondary N) is 2. The molecule has 17 heavy (non-hydrogen) atoms. The van der Waals surface area contributed by atoms with E-state index >= 15 is 0 Å². The average Bonchev–Trinajstić information content (AvgIpc) is 2.26. The molecule has 0 aliphatic carbocycles. The summed E-state index contributed by atoms with van der Waals surface area (Å²) in [5.74, 6) is 0.701. The van der Waals surface area contributed by atoms with Gasteiger partial charge in [-0.05, 0) is 18.8 Å². The lowest BCUT2D eigenvalue weighted by Crippen LogP contribution is -2.41. The summed E-state index contributed by atoms with van der Waals surface area (Å²) in [4.78, 5) is 11.5. The van der Waals surface area contributed by atoms with Crippen molar-refractivity contribution in [2.24, 2.45) is 5.92 Å². The third-order valence-electron chi connectivity index (χ3n) is 2.60. The minimum absolute atomic E-state index is 0.0721. The Labute approximate surface area is 105 Å². The largest absolute Gasteiger partial charge is 0.383 e. The SMILES string of the molecule is CCCC(COC)NCC(=O)NCCC(C)C. The van der Waals surface area contributed by atoms with Crippen LogP contribution in [0, 0.1) is 5.92 Å². The van der Waals surface area contributed by atoms with Crippen molar-refractivity contribution in [2.45, 2.75) is 46.1 Å². The van der Waals surface area contributed by atoms with Gasteiger partial charge in [-0.2, -0.15) is 0 Å². The molecule has 0 aromatic heterocycles. The molecular weight excluding hydrogens is 216 g/mol. The van der Waals surface area contributed by atoms with Gasteiger partial charge >= 0.3 is 0 Å². The fourth-order valence-corrected chi connectivity index (χ4v) is 1.59. The Bertz CT molecular complexity index is 190. The van der Waals surface area contributed by atoms with Crippen LogP contribution in [0.5, 0.6) is 0 Å². The first kappa shape index (κ1) is 16.4. The van der Waals surface area contributed by atoms with Crippen molar-refractivity contribution in [2.75, 3.05) is 26.8 Å². The van der Waals surface area contributed by atoms with Gasteiger partial charge < -0.3 is 15.4 Å². The van der Waals surface area contributed by atoms with Gasteiger partial charge in [-0.3, -0.25) is 4.79 Å². The molecule has 0 saturated heterocycles. The molecule has 0 aromatic rings. The van der Waals surface area contributed by atoms with Crippen molar-refractivity contribution in [3.05, 3.63) is 0 Å². The Morgan fingerprint density at radius 3 is 2.53 bits per heavy atom. The molecule has 0 rings (SSSR count). The molecule has 1 unspecified atom stereocenters. The summed E-state index contributed by atoms with van der Waals surface area (Å²) >= 11 is 0. The maximum absolute atomic E-state index is 11.5. The van der Waals surface area contributed by atoms with E-state index in [2.05, 4.69) is 31.4 Å². The van der Waals surface area contributed by atoms with E-state index in [1.807, 2.05) is 0 Å². The van der Waals surface area contributed by atoms with Crippen LogP contribution in [0.15, 0.2) is 0 Å². The Hall–Kier alpha value is -0.610. The number of hydrogen-bond donors (Lipinski definition) is 2. The van der Waals surface area contributed by atoms with Crippen molar-refractivity contribution < 1.29 is 9.53 Å². The standard InChI is InChI=1S/C13H28N2O2/c1-5-6-12(10-17-4)15-9-13(16)14-8-7-11(2)3/h11-12,15H,5-10H2,1-4H3,(H,14,16). The molecule has 4 nitrogen and oxygen atoms in total. The lowest BCUT2D eigenvalue weighted by Gasteiger charge is -2.17. The van der Waals surface area contributed by atoms with Crippen molar-refractivity contribution in [3.8, 4) is 0 Å². The highest BCUT2D eigenvalue weighted by molar-refractivity contribution is 5.77. The molecule has 0 heterocycles. The normalized spacial score (nSPS) is 12.8. The Morgan fingerprint density at radius 1 is 1.29 bits per heavy atom. The highest BCUT2D eigenvalue weighted by Gasteiger charge is 2.08. The van der Waals surface area contributed by atoms with E-state index in [-0.39, 0.29) is 11.9 Å². The van der Waals surface area contributed by atoms with Crippen molar-refractivity contribution >= 4 is 5.91 Å². The zero-order valence-corrected chi connectivity index (χ0v) is 11.7. The highest BCUT2D eigenvalue weighted by atomic mass is 16.5. The molecule has 1 amide bonds. The van der Waals surface area contributed by atoms with Crippen LogP contribution < -0.4 is 10.6 Å². The number of hydrogen-bond acceptors (Lipinski definition) is 3. The average molecular weight is 244 g/mol. The fourth-order valence-electron chi connectivity index (χ4n) is 1.59. The zero-order valence-electron chi connectivity index (χ0n) is 11.7. The molecule has 0 spiro atoms. The molecule has 0 bridgehead atoms. The maximum atomic E-state index is 11.5. The van der Waals surface area contributed by atoms with E-state index in [1.54, 1.807) is 7.11 Å². The number of carbonyl (C=O) groups is 1. The van der Waals surface area contributed by atoms with Crippen molar-refractivity contribution in [1.29, 1.82) is 0 Å². The molecule has 2 N–H and O–H groups in total. The van der Waals surface area contributed by atoms with Gasteiger partial charge in [-0.25, -0.2) is 0 Å². The van der Waals surface area contributed by atoms with Gasteiger partial charge in [0.1, 0.15) is 0 Å². The van der Waals surface area contributed by atoms with Crippen LogP contribution in [0.4, 0.5) is 0 Å². The minimum atomic E-state index is 0.0721. The Morgan fingerprint density at radius 2 is 2.00 bits per heavy atom. The number of rotatable bonds is 10. The van der Waals surface area contributed by atoms with E-state index in [9.17, 15) is 4.79 Å². The van der Waals surface area contributed by atoms with Crippen LogP contribution in [-0.4, -0.2) is 38.8 Å². The van der Waals surface area contributed by atoms with E-state index in [0.717, 1.165) is 25.8 Å². The van der Waals surface area contributed by atoms with Crippen LogP contribution in [0.1, 0.15) is 40.0 Å². The summed E-state index contributed by atoms with van der Waals surface area (Å²) < 4.78 is 5.11. The van der Waals surface area contributed by atoms with Crippen LogP contribution in [0.2, 0.25) is 0 Å². The predicted molar refractivity (Wildman–Crippen MR) is 71.0 cm³/mol. The third kappa shape index (κ3) is 10.3. The summed E-state index contributed by atoms with van der Waals surface area (Å²) in [5, 5.41) is 6.13. The summed E-state index contributed by atoms with van der Waals surface area (Å²) in [6, 6.07) is 0.279. The van der Waals surface area contributed by atoms with Crippen LogP contribution in [0.3, 0.4) is 0 Å². The van der Waals surface area contributed by atoms with Crippen molar-refractivity contribution in [1.82, 2.24) is 10.6 Å². The van der Waals surface area contributed by atoms with E-state index in [4.69, 9.17) is 4.74 Å². The van der Waals surface area contributed by atoms with Crippen LogP contribution >= 0.6 is 0 Å². The van der Waals surface area contributed by atoms with Gasteiger partial charge in [0, 0.05) is 19.7 Å². The number of ether oxygens (including phenoxy) is 1. The molecular formula is C13H28N2O2. The summed E-state index contributed by atoms with van der Waals surface area (Å²) in [6.07, 6.45) is 3.16. The monoisotopic (exact) mass is 244 g/mol. The second-order valence-electron chi connectivity index (χ2n) is 4.85. The smallest absolute Gasteiger partial charge is 0.233 e. The van der Waals surface area contributed by atoms with Crippen molar-refractivity contribution in [3.63, 3.8) is 0 Å². The number of amides is 1. The zero-order chi connectivity index (χ0) is 13.1. The summed E-state index contributed by atoms with van der Waals surface area (Å²) in [7, 11) is 1.69. The lowest BCUT2D eigenvalue weighted by atomic mass is 10.1. The Balaban J connectivity index is 3.64. The van der Waals surface area contributed by atoms with E-state index in [1.165, 1.54) is 0 Å². The Kier molecular flexibility index (Phi) is 10.2. The third-order valence-corrected chi connectivity index (χ3v) is 2.60. The van der Waals surface area contributed by atoms with Gasteiger partial charge in [0.05, 0.1) is 13.2 Å². The first-order valence-corrected chi connectivity index (χ1v) is 6.59. The molecule has 0 saturated carbocycles. The van der Waals surface area contributed by atoms with Crippen LogP contribution in [-0.2, 0) is 9.53 Å². The van der Waals surface area contributed by atoms with Gasteiger partial charge in [-0.15, -0.1) is 0 Å². The second-order valence-corrected chi connectivity index (χ2v) is 4.85. The lowest BCUT2D eigenvalue weighted by molar-refractivity contribution is -0.120. The van der Waals surface area contributed by atoms with Gasteiger partial charge in [0.2, 0.25) is 5.91 Å². The number of carbonyl (C=O) groups excluding carboxylic acids is 1. The molecule has 1 atom stereocenters. The molecule has 0 fully saturated rings. The summed E-state index contributed by atoms with van der Waals surface area (Å²) in [5.41, 5.74) is 0. The molecule has 102 valence electrons. The van der Waals surface area contributed by atoms with E-state index in [0.29, 0.717) is 19.1 Å². The summed E-state index contributed by atoms with van der Waals surface area (Å²) in [6.45, 7) is 8.24. The second kappa shape index (κ2) is 10.5. The number of methoxy groups -OCH3 is 1. The molecule has 0 aliphatic heterocycles. The molecule has 0 aromatic carbocycles. The minimum Gasteiger partial charge on any atom is -0.383 e. The molecule has 4 heteroatoms. The highest BCUT2D eigenvalue weighted by Crippen LogP contribution is 1.97.